The van der Waals surface area contributed by atoms with Crippen molar-refractivity contribution in [2.45, 2.75) is 16.3 Å². The highest BCUT2D eigenvalue weighted by Gasteiger charge is 2.13. The molecule has 0 fully saturated rings. The minimum Gasteiger partial charge on any atom is -0.490 e. The number of benzene rings is 1. The first-order valence-corrected chi connectivity index (χ1v) is 7.68. The number of nitrogens with two attached hydrogens (primary N) is 1. The average molecular weight is 354 g/mol. The fourth-order valence-corrected chi connectivity index (χ4v) is 3.02. The Balaban J connectivity index is 1.88. The van der Waals surface area contributed by atoms with Gasteiger partial charge in [-0.3, -0.25) is 0 Å². The molecule has 0 radical (unpaired) electrons. The van der Waals surface area contributed by atoms with Gasteiger partial charge in [-0.25, -0.2) is 9.97 Å². The molecule has 1 aliphatic heterocycles. The lowest BCUT2D eigenvalue weighted by Gasteiger charge is -2.09. The van der Waals surface area contributed by atoms with Crippen LogP contribution in [0.2, 0.25) is 0 Å². The number of hydrogen-bond acceptors (Lipinski definition) is 6. The largest absolute Gasteiger partial charge is 0.490 e. The third-order valence-corrected chi connectivity index (χ3v) is 4.75. The molecule has 0 atom stereocenters. The molecular formula is C13H12BrN3O2S. The van der Waals surface area contributed by atoms with Gasteiger partial charge in [0.25, 0.3) is 0 Å². The molecule has 5 nitrogen and oxygen atoms in total. The van der Waals surface area contributed by atoms with Crippen LogP contribution in [0, 0.1) is 0 Å². The van der Waals surface area contributed by atoms with Gasteiger partial charge in [0.05, 0.1) is 17.7 Å². The van der Waals surface area contributed by atoms with Crippen molar-refractivity contribution in [2.75, 3.05) is 18.9 Å². The molecule has 0 spiro atoms. The van der Waals surface area contributed by atoms with Crippen LogP contribution in [-0.2, 0) is 0 Å². The number of anilines is 1. The van der Waals surface area contributed by atoms with E-state index in [9.17, 15) is 0 Å². The topological polar surface area (TPSA) is 70.3 Å². The quantitative estimate of drug-likeness (QED) is 0.836. The third kappa shape index (κ3) is 2.83. The first-order chi connectivity index (χ1) is 9.74. The molecule has 2 aromatic rings. The molecule has 0 bridgehead atoms. The smallest absolute Gasteiger partial charge is 0.162 e. The molecule has 2 heterocycles. The van der Waals surface area contributed by atoms with Crippen LogP contribution in [0.15, 0.2) is 38.9 Å². The standard InChI is InChI=1S/C13H12BrN3O2S/c14-11-12(15)16-7-17-13(11)20-8-2-3-9-10(6-8)19-5-1-4-18-9/h2-3,6-7H,1,4-5H2,(H2,15,16,17). The number of ether oxygens (including phenoxy) is 2. The number of nitrogen functional groups attached to an aromatic ring is 1. The summed E-state index contributed by atoms with van der Waals surface area (Å²) in [6.45, 7) is 1.36. The molecular weight excluding hydrogens is 342 g/mol. The summed E-state index contributed by atoms with van der Waals surface area (Å²) in [5.41, 5.74) is 5.75. The fourth-order valence-electron chi connectivity index (χ4n) is 1.76. The maximum absolute atomic E-state index is 5.75. The molecule has 1 aromatic heterocycles. The minimum atomic E-state index is 0.428. The Morgan fingerprint density at radius 3 is 2.80 bits per heavy atom. The first-order valence-electron chi connectivity index (χ1n) is 6.07. The molecule has 20 heavy (non-hydrogen) atoms. The van der Waals surface area contributed by atoms with Crippen LogP contribution in [0.3, 0.4) is 0 Å². The highest BCUT2D eigenvalue weighted by atomic mass is 79.9. The second kappa shape index (κ2) is 5.88. The molecule has 0 saturated carbocycles. The Morgan fingerprint density at radius 1 is 1.15 bits per heavy atom. The Morgan fingerprint density at radius 2 is 1.95 bits per heavy atom. The fraction of sp³-hybridized carbons (Fsp3) is 0.231. The number of rotatable bonds is 2. The molecule has 1 aromatic carbocycles. The van der Waals surface area contributed by atoms with Gasteiger partial charge in [-0.15, -0.1) is 0 Å². The summed E-state index contributed by atoms with van der Waals surface area (Å²) in [6, 6.07) is 5.85. The van der Waals surface area contributed by atoms with Crippen LogP contribution in [0.4, 0.5) is 5.82 Å². The predicted molar refractivity (Wildman–Crippen MR) is 80.3 cm³/mol. The van der Waals surface area contributed by atoms with Crippen molar-refractivity contribution in [1.29, 1.82) is 0 Å². The number of halogens is 1. The van der Waals surface area contributed by atoms with Crippen molar-refractivity contribution in [3.05, 3.63) is 29.0 Å². The molecule has 3 rings (SSSR count). The van der Waals surface area contributed by atoms with Crippen LogP contribution in [-0.4, -0.2) is 23.2 Å². The van der Waals surface area contributed by atoms with Crippen molar-refractivity contribution in [3.8, 4) is 11.5 Å². The van der Waals surface area contributed by atoms with E-state index >= 15 is 0 Å². The Kier molecular flexibility index (Phi) is 3.98. The normalized spacial score (nSPS) is 13.8. The molecule has 7 heteroatoms. The molecule has 0 unspecified atom stereocenters. The van der Waals surface area contributed by atoms with E-state index in [2.05, 4.69) is 25.9 Å². The molecule has 104 valence electrons. The zero-order valence-corrected chi connectivity index (χ0v) is 12.9. The number of aromatic nitrogens is 2. The van der Waals surface area contributed by atoms with E-state index in [0.717, 1.165) is 27.8 Å². The van der Waals surface area contributed by atoms with Crippen molar-refractivity contribution < 1.29 is 9.47 Å². The van der Waals surface area contributed by atoms with Gasteiger partial charge < -0.3 is 15.2 Å². The summed E-state index contributed by atoms with van der Waals surface area (Å²) in [7, 11) is 0. The number of fused-ring (bicyclic) bond motifs is 1. The first kappa shape index (κ1) is 13.5. The van der Waals surface area contributed by atoms with Crippen molar-refractivity contribution in [3.63, 3.8) is 0 Å². The van der Waals surface area contributed by atoms with Crippen LogP contribution in [0.1, 0.15) is 6.42 Å². The van der Waals surface area contributed by atoms with Gasteiger partial charge in [-0.05, 0) is 34.1 Å². The monoisotopic (exact) mass is 353 g/mol. The Labute approximate surface area is 129 Å². The van der Waals surface area contributed by atoms with E-state index in [0.29, 0.717) is 23.5 Å². The van der Waals surface area contributed by atoms with E-state index in [1.807, 2.05) is 18.2 Å². The van der Waals surface area contributed by atoms with Gasteiger partial charge in [0.2, 0.25) is 0 Å². The maximum Gasteiger partial charge on any atom is 0.162 e. The van der Waals surface area contributed by atoms with Crippen LogP contribution in [0.25, 0.3) is 0 Å². The van der Waals surface area contributed by atoms with Crippen molar-refractivity contribution >= 4 is 33.5 Å². The van der Waals surface area contributed by atoms with Crippen molar-refractivity contribution in [1.82, 2.24) is 9.97 Å². The van der Waals surface area contributed by atoms with E-state index in [-0.39, 0.29) is 0 Å². The Hall–Kier alpha value is -1.47. The van der Waals surface area contributed by atoms with Gasteiger partial charge in [0.1, 0.15) is 17.2 Å². The lowest BCUT2D eigenvalue weighted by Crippen LogP contribution is -1.97. The van der Waals surface area contributed by atoms with E-state index in [1.165, 1.54) is 18.1 Å². The molecule has 0 amide bonds. The number of hydrogen-bond donors (Lipinski definition) is 1. The molecule has 2 N–H and O–H groups in total. The summed E-state index contributed by atoms with van der Waals surface area (Å²) in [4.78, 5) is 9.15. The lowest BCUT2D eigenvalue weighted by atomic mass is 10.3. The maximum atomic E-state index is 5.75. The van der Waals surface area contributed by atoms with Crippen LogP contribution in [0.5, 0.6) is 11.5 Å². The average Bonchev–Trinajstić information content (AvgIpc) is 2.69. The van der Waals surface area contributed by atoms with Crippen LogP contribution < -0.4 is 15.2 Å². The van der Waals surface area contributed by atoms with E-state index < -0.39 is 0 Å². The minimum absolute atomic E-state index is 0.428. The molecule has 0 saturated heterocycles. The van der Waals surface area contributed by atoms with Crippen LogP contribution >= 0.6 is 27.7 Å². The van der Waals surface area contributed by atoms with Gasteiger partial charge >= 0.3 is 0 Å². The second-order valence-electron chi connectivity index (χ2n) is 4.14. The summed E-state index contributed by atoms with van der Waals surface area (Å²) in [5.74, 6) is 1.98. The third-order valence-electron chi connectivity index (χ3n) is 2.72. The zero-order valence-electron chi connectivity index (χ0n) is 10.5. The summed E-state index contributed by atoms with van der Waals surface area (Å²) in [5, 5.41) is 0.770. The molecule has 1 aliphatic rings. The van der Waals surface area contributed by atoms with Gasteiger partial charge in [-0.2, -0.15) is 0 Å². The van der Waals surface area contributed by atoms with Crippen molar-refractivity contribution in [2.24, 2.45) is 0 Å². The van der Waals surface area contributed by atoms with E-state index in [1.54, 1.807) is 0 Å². The lowest BCUT2D eigenvalue weighted by molar-refractivity contribution is 0.297. The summed E-state index contributed by atoms with van der Waals surface area (Å²) < 4.78 is 12.0. The van der Waals surface area contributed by atoms with Gasteiger partial charge in [0.15, 0.2) is 11.5 Å². The molecule has 0 aliphatic carbocycles. The second-order valence-corrected chi connectivity index (χ2v) is 5.99. The van der Waals surface area contributed by atoms with Gasteiger partial charge in [0, 0.05) is 11.3 Å². The highest BCUT2D eigenvalue weighted by Crippen LogP contribution is 2.38. The predicted octanol–water partition coefficient (Wildman–Crippen LogP) is 3.13. The summed E-state index contributed by atoms with van der Waals surface area (Å²) >= 11 is 4.89. The Bertz CT molecular complexity index is 639. The highest BCUT2D eigenvalue weighted by molar-refractivity contribution is 9.10. The summed E-state index contributed by atoms with van der Waals surface area (Å²) in [6.07, 6.45) is 2.34. The van der Waals surface area contributed by atoms with Gasteiger partial charge in [-0.1, -0.05) is 11.8 Å². The van der Waals surface area contributed by atoms with E-state index in [4.69, 9.17) is 15.2 Å². The SMILES string of the molecule is Nc1ncnc(Sc2ccc3c(c2)OCCCO3)c1Br. The number of nitrogens with zero attached hydrogens (tertiary/aromatic N) is 2. The zero-order chi connectivity index (χ0) is 13.9.